The van der Waals surface area contributed by atoms with E-state index in [1.54, 1.807) is 18.1 Å². The van der Waals surface area contributed by atoms with E-state index in [4.69, 9.17) is 6.42 Å². The van der Waals surface area contributed by atoms with Crippen molar-refractivity contribution in [3.8, 4) is 24.2 Å². The molecule has 0 atom stereocenters. The largest absolute Gasteiger partial charge is 0.202 e. The predicted molar refractivity (Wildman–Crippen MR) is 80.8 cm³/mol. The van der Waals surface area contributed by atoms with E-state index >= 15 is 0 Å². The zero-order valence-corrected chi connectivity index (χ0v) is 12.7. The van der Waals surface area contributed by atoms with Gasteiger partial charge in [-0.2, -0.15) is 0 Å². The summed E-state index contributed by atoms with van der Waals surface area (Å²) >= 11 is 0. The number of halogens is 4. The van der Waals surface area contributed by atoms with E-state index in [9.17, 15) is 17.6 Å². The van der Waals surface area contributed by atoms with Crippen LogP contribution in [0.2, 0.25) is 0 Å². The van der Waals surface area contributed by atoms with Crippen molar-refractivity contribution in [1.29, 1.82) is 0 Å². The molecule has 0 unspecified atom stereocenters. The van der Waals surface area contributed by atoms with E-state index in [0.717, 1.165) is 16.7 Å². The van der Waals surface area contributed by atoms with Gasteiger partial charge in [-0.15, -0.1) is 6.42 Å². The van der Waals surface area contributed by atoms with E-state index < -0.39 is 34.4 Å². The van der Waals surface area contributed by atoms with Crippen LogP contribution in [0, 0.1) is 68.2 Å². The van der Waals surface area contributed by atoms with Gasteiger partial charge in [-0.25, -0.2) is 17.6 Å². The molecule has 0 nitrogen and oxygen atoms in total. The monoisotopic (exact) mass is 316 g/mol. The van der Waals surface area contributed by atoms with Crippen LogP contribution < -0.4 is 0 Å². The van der Waals surface area contributed by atoms with Crippen molar-refractivity contribution in [3.05, 3.63) is 68.8 Å². The highest BCUT2D eigenvalue weighted by molar-refractivity contribution is 5.50. The van der Waals surface area contributed by atoms with Crippen LogP contribution in [0.5, 0.6) is 0 Å². The van der Waals surface area contributed by atoms with Gasteiger partial charge >= 0.3 is 0 Å². The Kier molecular flexibility index (Phi) is 4.48. The van der Waals surface area contributed by atoms with Crippen LogP contribution in [0.1, 0.15) is 33.4 Å². The Hall–Kier alpha value is -2.72. The Morgan fingerprint density at radius 3 is 1.61 bits per heavy atom. The molecule has 0 aliphatic heterocycles. The molecule has 0 saturated carbocycles. The maximum atomic E-state index is 13.8. The molecule has 2 rings (SSSR count). The molecule has 2 aromatic rings. The molecule has 0 amide bonds. The van der Waals surface area contributed by atoms with Crippen molar-refractivity contribution < 1.29 is 17.6 Å². The van der Waals surface area contributed by atoms with E-state index in [-0.39, 0.29) is 0 Å². The van der Waals surface area contributed by atoms with Crippen molar-refractivity contribution in [3.63, 3.8) is 0 Å². The number of terminal acetylenes is 1. The molecule has 0 bridgehead atoms. The molecule has 23 heavy (non-hydrogen) atoms. The van der Waals surface area contributed by atoms with Gasteiger partial charge in [-0.1, -0.05) is 17.8 Å². The lowest BCUT2D eigenvalue weighted by Crippen LogP contribution is -2.04. The molecule has 0 spiro atoms. The lowest BCUT2D eigenvalue weighted by Gasteiger charge is -2.05. The Morgan fingerprint density at radius 2 is 1.17 bits per heavy atom. The predicted octanol–water partition coefficient (Wildman–Crippen LogP) is 4.55. The zero-order valence-electron chi connectivity index (χ0n) is 12.7. The van der Waals surface area contributed by atoms with E-state index in [2.05, 4.69) is 11.8 Å². The molecule has 0 saturated heterocycles. The standard InChI is InChI=1S/C19H12F4/c1-5-14-16(20)18(22)15(19(23)17(14)21)7-6-13-8-10(2)12(4)11(3)9-13/h1,8-9H,2-4H3. The SMILES string of the molecule is C#Cc1c(F)c(F)c(C#Cc2cc(C)c(C)c(C)c2)c(F)c1F. The average molecular weight is 316 g/mol. The molecule has 0 aromatic heterocycles. The van der Waals surface area contributed by atoms with Crippen LogP contribution in [0.15, 0.2) is 12.1 Å². The highest BCUT2D eigenvalue weighted by Gasteiger charge is 2.23. The molecule has 0 fully saturated rings. The van der Waals surface area contributed by atoms with Gasteiger partial charge < -0.3 is 0 Å². The topological polar surface area (TPSA) is 0 Å². The van der Waals surface area contributed by atoms with Crippen LogP contribution in [0.4, 0.5) is 17.6 Å². The van der Waals surface area contributed by atoms with Crippen LogP contribution in [0.3, 0.4) is 0 Å². The van der Waals surface area contributed by atoms with Gasteiger partial charge in [0.25, 0.3) is 0 Å². The van der Waals surface area contributed by atoms with Gasteiger partial charge in [0, 0.05) is 5.56 Å². The summed E-state index contributed by atoms with van der Waals surface area (Å²) in [6.45, 7) is 5.68. The minimum Gasteiger partial charge on any atom is -0.202 e. The number of benzene rings is 2. The Labute approximate surface area is 132 Å². The molecule has 116 valence electrons. The first-order chi connectivity index (χ1) is 10.8. The van der Waals surface area contributed by atoms with Crippen LogP contribution in [-0.2, 0) is 0 Å². The minimum atomic E-state index is -1.62. The summed E-state index contributed by atoms with van der Waals surface area (Å²) in [5.74, 6) is -0.149. The lowest BCUT2D eigenvalue weighted by molar-refractivity contribution is 0.447. The molecule has 4 heteroatoms. The first kappa shape index (κ1) is 16.6. The number of rotatable bonds is 0. The van der Waals surface area contributed by atoms with Crippen LogP contribution in [0.25, 0.3) is 0 Å². The van der Waals surface area contributed by atoms with Crippen molar-refractivity contribution in [2.75, 3.05) is 0 Å². The Bertz CT molecular complexity index is 854. The smallest absolute Gasteiger partial charge is 0.178 e. The summed E-state index contributed by atoms with van der Waals surface area (Å²) in [6, 6.07) is 3.46. The van der Waals surface area contributed by atoms with Gasteiger partial charge in [0.15, 0.2) is 23.3 Å². The van der Waals surface area contributed by atoms with Gasteiger partial charge in [0.2, 0.25) is 0 Å². The summed E-state index contributed by atoms with van der Waals surface area (Å²) in [5, 5.41) is 0. The highest BCUT2D eigenvalue weighted by Crippen LogP contribution is 2.23. The normalized spacial score (nSPS) is 10.0. The molecular formula is C19H12F4. The van der Waals surface area contributed by atoms with E-state index in [1.165, 1.54) is 0 Å². The van der Waals surface area contributed by atoms with Crippen molar-refractivity contribution in [2.24, 2.45) is 0 Å². The fourth-order valence-electron chi connectivity index (χ4n) is 2.11. The minimum absolute atomic E-state index is 0.492. The first-order valence-electron chi connectivity index (χ1n) is 6.70. The molecule has 2 aromatic carbocycles. The molecule has 0 N–H and O–H groups in total. The van der Waals surface area contributed by atoms with Gasteiger partial charge in [-0.3, -0.25) is 0 Å². The third kappa shape index (κ3) is 2.94. The molecular weight excluding hydrogens is 304 g/mol. The van der Waals surface area contributed by atoms with Crippen molar-refractivity contribution in [2.45, 2.75) is 20.8 Å². The fourth-order valence-corrected chi connectivity index (χ4v) is 2.11. The number of aryl methyl sites for hydroxylation is 2. The fraction of sp³-hybridized carbons (Fsp3) is 0.158. The first-order valence-corrected chi connectivity index (χ1v) is 6.70. The Morgan fingerprint density at radius 1 is 0.739 bits per heavy atom. The lowest BCUT2D eigenvalue weighted by atomic mass is 10.0. The second-order valence-corrected chi connectivity index (χ2v) is 5.14. The average Bonchev–Trinajstić information content (AvgIpc) is 2.51. The van der Waals surface area contributed by atoms with Gasteiger partial charge in [-0.05, 0) is 49.6 Å². The third-order valence-electron chi connectivity index (χ3n) is 3.67. The van der Waals surface area contributed by atoms with E-state index in [1.807, 2.05) is 20.8 Å². The Balaban J connectivity index is 2.62. The molecule has 0 heterocycles. The van der Waals surface area contributed by atoms with Gasteiger partial charge in [0.1, 0.15) is 11.1 Å². The summed E-state index contributed by atoms with van der Waals surface area (Å²) in [7, 11) is 0. The van der Waals surface area contributed by atoms with Crippen molar-refractivity contribution in [1.82, 2.24) is 0 Å². The van der Waals surface area contributed by atoms with Gasteiger partial charge in [0.05, 0.1) is 0 Å². The van der Waals surface area contributed by atoms with Crippen LogP contribution >= 0.6 is 0 Å². The third-order valence-corrected chi connectivity index (χ3v) is 3.67. The molecule has 0 aliphatic rings. The summed E-state index contributed by atoms with van der Waals surface area (Å²) < 4.78 is 54.9. The second-order valence-electron chi connectivity index (χ2n) is 5.14. The summed E-state index contributed by atoms with van der Waals surface area (Å²) in [4.78, 5) is 0. The summed E-state index contributed by atoms with van der Waals surface area (Å²) in [5.41, 5.74) is 1.42. The molecule has 0 aliphatic carbocycles. The van der Waals surface area contributed by atoms with Crippen LogP contribution in [-0.4, -0.2) is 0 Å². The summed E-state index contributed by atoms with van der Waals surface area (Å²) in [6.07, 6.45) is 4.85. The quantitative estimate of drug-likeness (QED) is 0.380. The maximum absolute atomic E-state index is 13.8. The van der Waals surface area contributed by atoms with E-state index in [0.29, 0.717) is 5.56 Å². The number of hydrogen-bond acceptors (Lipinski definition) is 0. The number of hydrogen-bond donors (Lipinski definition) is 0. The second kappa shape index (κ2) is 6.18. The highest BCUT2D eigenvalue weighted by atomic mass is 19.2. The zero-order chi connectivity index (χ0) is 17.3. The molecule has 0 radical (unpaired) electrons. The van der Waals surface area contributed by atoms with Crippen molar-refractivity contribution >= 4 is 0 Å². The maximum Gasteiger partial charge on any atom is 0.178 e.